The van der Waals surface area contributed by atoms with Crippen LogP contribution in [-0.4, -0.2) is 96.7 Å². The molecule has 0 radical (unpaired) electrons. The molecule has 5 atom stereocenters. The van der Waals surface area contributed by atoms with Gasteiger partial charge in [0.1, 0.15) is 19.3 Å². The van der Waals surface area contributed by atoms with Crippen molar-refractivity contribution in [2.45, 2.75) is 419 Å². The van der Waals surface area contributed by atoms with Gasteiger partial charge in [-0.3, -0.25) is 37.3 Å². The van der Waals surface area contributed by atoms with Crippen molar-refractivity contribution in [1.82, 2.24) is 0 Å². The molecule has 0 saturated carbocycles. The van der Waals surface area contributed by atoms with E-state index >= 15 is 0 Å². The highest BCUT2D eigenvalue weighted by Gasteiger charge is 2.30. The zero-order valence-electron chi connectivity index (χ0n) is 64.1. The maximum absolute atomic E-state index is 13.1. The second kappa shape index (κ2) is 72.5. The Balaban J connectivity index is 5.15. The lowest BCUT2D eigenvalue weighted by Gasteiger charge is -2.21. The topological polar surface area (TPSA) is 237 Å². The van der Waals surface area contributed by atoms with E-state index in [-0.39, 0.29) is 25.7 Å². The molecule has 99 heavy (non-hydrogen) atoms. The molecule has 0 aliphatic carbocycles. The zero-order chi connectivity index (χ0) is 72.7. The Labute approximate surface area is 605 Å². The first-order chi connectivity index (χ1) is 48.0. The van der Waals surface area contributed by atoms with E-state index < -0.39 is 97.5 Å². The Morgan fingerprint density at radius 3 is 0.828 bits per heavy atom. The predicted molar refractivity (Wildman–Crippen MR) is 404 cm³/mol. The molecule has 0 fully saturated rings. The molecule has 0 aliphatic heterocycles. The third-order valence-corrected chi connectivity index (χ3v) is 20.1. The molecule has 0 bridgehead atoms. The van der Waals surface area contributed by atoms with Crippen molar-refractivity contribution < 1.29 is 80.2 Å². The van der Waals surface area contributed by atoms with Crippen LogP contribution in [0.2, 0.25) is 0 Å². The van der Waals surface area contributed by atoms with E-state index in [0.29, 0.717) is 25.7 Å². The van der Waals surface area contributed by atoms with Crippen molar-refractivity contribution in [3.8, 4) is 0 Å². The number of esters is 4. The summed E-state index contributed by atoms with van der Waals surface area (Å²) in [5, 5.41) is 10.6. The van der Waals surface area contributed by atoms with Gasteiger partial charge in [-0.1, -0.05) is 348 Å². The highest BCUT2D eigenvalue weighted by molar-refractivity contribution is 7.47. The number of carbonyl (C=O) groups excluding carboxylic acids is 4. The molecular formula is C80H152O17P2. The van der Waals surface area contributed by atoms with Crippen molar-refractivity contribution >= 4 is 39.5 Å². The van der Waals surface area contributed by atoms with Crippen LogP contribution < -0.4 is 0 Å². The molecule has 0 aromatic rings. The van der Waals surface area contributed by atoms with Gasteiger partial charge in [0.05, 0.1) is 26.4 Å². The fourth-order valence-corrected chi connectivity index (χ4v) is 13.4. The first kappa shape index (κ1) is 96.5. The molecule has 3 N–H and O–H groups in total. The van der Waals surface area contributed by atoms with Gasteiger partial charge >= 0.3 is 39.5 Å². The molecule has 0 saturated heterocycles. The normalized spacial score (nSPS) is 14.0. The average molecular weight is 1450 g/mol. The smallest absolute Gasteiger partial charge is 0.462 e. The van der Waals surface area contributed by atoms with Crippen molar-refractivity contribution in [2.24, 2.45) is 5.92 Å². The van der Waals surface area contributed by atoms with Gasteiger partial charge in [0.25, 0.3) is 0 Å². The van der Waals surface area contributed by atoms with E-state index in [1.165, 1.54) is 205 Å². The largest absolute Gasteiger partial charge is 0.472 e. The lowest BCUT2D eigenvalue weighted by atomic mass is 10.0. The van der Waals surface area contributed by atoms with E-state index in [1.54, 1.807) is 0 Å². The van der Waals surface area contributed by atoms with E-state index in [1.807, 2.05) is 0 Å². The molecule has 2 unspecified atom stereocenters. The van der Waals surface area contributed by atoms with Gasteiger partial charge in [0, 0.05) is 25.7 Å². The Bertz CT molecular complexity index is 1990. The van der Waals surface area contributed by atoms with Crippen molar-refractivity contribution in [3.05, 3.63) is 24.3 Å². The van der Waals surface area contributed by atoms with Gasteiger partial charge in [0.2, 0.25) is 0 Å². The number of aliphatic hydroxyl groups is 1. The minimum Gasteiger partial charge on any atom is -0.462 e. The number of carbonyl (C=O) groups is 4. The number of hydrogen-bond donors (Lipinski definition) is 3. The van der Waals surface area contributed by atoms with Gasteiger partial charge in [0.15, 0.2) is 12.2 Å². The molecule has 0 amide bonds. The second-order valence-electron chi connectivity index (χ2n) is 28.6. The number of phosphoric ester groups is 2. The summed E-state index contributed by atoms with van der Waals surface area (Å²) in [5.41, 5.74) is 0. The molecule has 0 aromatic heterocycles. The SMILES string of the molecule is CCCCCC/C=C\C=C/CCCCCCCC(=O)O[C@H](COC(=O)CCCCCCC)COP(=O)(O)OC[C@H](O)COP(=O)(O)OC[C@@H](COC(=O)CCCCCCCCCCCCCCCCCCC(C)C)OC(=O)CCCCCCCCCCCCCCCCCCCCCC. The van der Waals surface area contributed by atoms with Crippen LogP contribution in [0.15, 0.2) is 24.3 Å². The first-order valence-corrected chi connectivity index (χ1v) is 43.9. The van der Waals surface area contributed by atoms with Crippen LogP contribution >= 0.6 is 15.6 Å². The summed E-state index contributed by atoms with van der Waals surface area (Å²) in [7, 11) is -9.92. The predicted octanol–water partition coefficient (Wildman–Crippen LogP) is 23.6. The molecule has 17 nitrogen and oxygen atoms in total. The van der Waals surface area contributed by atoms with Crippen LogP contribution in [0, 0.1) is 5.92 Å². The summed E-state index contributed by atoms with van der Waals surface area (Å²) >= 11 is 0. The Hall–Kier alpha value is -2.46. The van der Waals surface area contributed by atoms with Gasteiger partial charge < -0.3 is 33.8 Å². The van der Waals surface area contributed by atoms with Crippen LogP contribution in [-0.2, 0) is 65.4 Å². The third-order valence-electron chi connectivity index (χ3n) is 18.2. The Morgan fingerprint density at radius 1 is 0.313 bits per heavy atom. The highest BCUT2D eigenvalue weighted by Crippen LogP contribution is 2.45. The number of aliphatic hydroxyl groups excluding tert-OH is 1. The summed E-state index contributed by atoms with van der Waals surface area (Å²) in [4.78, 5) is 72.6. The van der Waals surface area contributed by atoms with Crippen LogP contribution in [0.25, 0.3) is 0 Å². The molecular weight excluding hydrogens is 1290 g/mol. The minimum absolute atomic E-state index is 0.0845. The number of hydrogen-bond acceptors (Lipinski definition) is 15. The van der Waals surface area contributed by atoms with Crippen molar-refractivity contribution in [2.75, 3.05) is 39.6 Å². The van der Waals surface area contributed by atoms with Gasteiger partial charge in [-0.2, -0.15) is 0 Å². The van der Waals surface area contributed by atoms with Crippen molar-refractivity contribution in [3.63, 3.8) is 0 Å². The lowest BCUT2D eigenvalue weighted by molar-refractivity contribution is -0.161. The maximum atomic E-state index is 13.1. The monoisotopic (exact) mass is 1450 g/mol. The molecule has 0 heterocycles. The third kappa shape index (κ3) is 73.6. The fourth-order valence-electron chi connectivity index (χ4n) is 11.9. The quantitative estimate of drug-likeness (QED) is 0.0169. The average Bonchev–Trinajstić information content (AvgIpc) is 0.982. The number of unbranched alkanes of at least 4 members (excludes halogenated alkanes) is 47. The van der Waals surface area contributed by atoms with E-state index in [9.17, 15) is 43.2 Å². The molecule has 19 heteroatoms. The molecule has 0 aromatic carbocycles. The van der Waals surface area contributed by atoms with Crippen LogP contribution in [0.3, 0.4) is 0 Å². The summed E-state index contributed by atoms with van der Waals surface area (Å²) in [5.74, 6) is -1.34. The number of allylic oxidation sites excluding steroid dienone is 4. The standard InChI is InChI=1S/C80H152O17P2/c1-6-9-12-15-17-19-21-23-25-26-27-28-29-35-39-43-47-51-56-61-66-80(85)97-76(70-91-78(83)64-59-54-49-45-41-37-34-31-30-33-36-40-44-48-53-57-62-73(4)5)72-95-99(88,89)93-68-74(81)67-92-98(86,87)94-71-75(69-90-77(82)63-58-52-14-11-8-3)96-79(84)65-60-55-50-46-42-38-32-24-22-20-18-16-13-10-7-2/h20,22,24,32,73-76,81H,6-19,21,23,25-31,33-72H2,1-5H3,(H,86,87)(H,88,89)/b22-20-,32-24-/t74-,75+,76+/m0/s1. The fraction of sp³-hybridized carbons (Fsp3) is 0.900. The van der Waals surface area contributed by atoms with Gasteiger partial charge in [-0.25, -0.2) is 9.13 Å². The maximum Gasteiger partial charge on any atom is 0.472 e. The summed E-state index contributed by atoms with van der Waals surface area (Å²) in [6, 6.07) is 0. The Morgan fingerprint density at radius 2 is 0.545 bits per heavy atom. The highest BCUT2D eigenvalue weighted by atomic mass is 31.2. The number of ether oxygens (including phenoxy) is 4. The molecule has 584 valence electrons. The summed E-state index contributed by atoms with van der Waals surface area (Å²) in [6.45, 7) is 7.19. The molecule has 0 aliphatic rings. The van der Waals surface area contributed by atoms with E-state index in [4.69, 9.17) is 37.0 Å². The molecule has 0 rings (SSSR count). The summed E-state index contributed by atoms with van der Waals surface area (Å²) in [6.07, 6.45) is 66.6. The molecule has 0 spiro atoms. The van der Waals surface area contributed by atoms with E-state index in [2.05, 4.69) is 58.9 Å². The minimum atomic E-state index is -4.96. The second-order valence-corrected chi connectivity index (χ2v) is 31.5. The first-order valence-electron chi connectivity index (χ1n) is 41.0. The summed E-state index contributed by atoms with van der Waals surface area (Å²) < 4.78 is 68.4. The lowest BCUT2D eigenvalue weighted by Crippen LogP contribution is -2.30. The van der Waals surface area contributed by atoms with Crippen LogP contribution in [0.4, 0.5) is 0 Å². The van der Waals surface area contributed by atoms with Crippen LogP contribution in [0.1, 0.15) is 401 Å². The Kier molecular flexibility index (Phi) is 70.7. The zero-order valence-corrected chi connectivity index (χ0v) is 65.9. The number of phosphoric acid groups is 2. The van der Waals surface area contributed by atoms with Gasteiger partial charge in [-0.15, -0.1) is 0 Å². The van der Waals surface area contributed by atoms with Crippen LogP contribution in [0.5, 0.6) is 0 Å². The van der Waals surface area contributed by atoms with Crippen molar-refractivity contribution in [1.29, 1.82) is 0 Å². The van der Waals surface area contributed by atoms with Gasteiger partial charge in [-0.05, 0) is 57.3 Å². The van der Waals surface area contributed by atoms with E-state index in [0.717, 1.165) is 115 Å². The number of rotatable bonds is 78.